The van der Waals surface area contributed by atoms with Gasteiger partial charge in [0.2, 0.25) is 0 Å². The molecule has 0 unspecified atom stereocenters. The molecule has 14 heavy (non-hydrogen) atoms. The summed E-state index contributed by atoms with van der Waals surface area (Å²) in [6, 6.07) is 5.29. The van der Waals surface area contributed by atoms with E-state index in [4.69, 9.17) is 5.26 Å². The van der Waals surface area contributed by atoms with Crippen molar-refractivity contribution in [3.63, 3.8) is 0 Å². The molecule has 1 nitrogen and oxygen atoms in total. The predicted molar refractivity (Wildman–Crippen MR) is 60.3 cm³/mol. The fraction of sp³-hybridized carbons (Fsp3) is 0.364. The molecule has 2 rings (SSSR count). The van der Waals surface area contributed by atoms with Gasteiger partial charge in [-0.3, -0.25) is 0 Å². The molecule has 0 bridgehead atoms. The average Bonchev–Trinajstić information content (AvgIpc) is 2.96. The molecule has 1 aliphatic carbocycles. The minimum atomic E-state index is -0.290. The van der Waals surface area contributed by atoms with Crippen LogP contribution in [0, 0.1) is 26.6 Å². The largest absolute Gasteiger partial charge is 0.206 e. The Morgan fingerprint density at radius 3 is 2.79 bits per heavy atom. The average molecular weight is 301 g/mol. The van der Waals surface area contributed by atoms with Crippen LogP contribution in [0.5, 0.6) is 0 Å². The van der Waals surface area contributed by atoms with Crippen LogP contribution in [-0.2, 0) is 6.42 Å². The maximum absolute atomic E-state index is 13.1. The molecule has 1 aromatic rings. The highest BCUT2D eigenvalue weighted by molar-refractivity contribution is 14.1. The highest BCUT2D eigenvalue weighted by atomic mass is 127. The Morgan fingerprint density at radius 1 is 1.50 bits per heavy atom. The van der Waals surface area contributed by atoms with Crippen LogP contribution in [0.2, 0.25) is 0 Å². The van der Waals surface area contributed by atoms with Crippen molar-refractivity contribution in [2.75, 3.05) is 0 Å². The number of benzene rings is 1. The monoisotopic (exact) mass is 301 g/mol. The Balaban J connectivity index is 2.38. The molecule has 0 N–H and O–H groups in total. The third-order valence-corrected chi connectivity index (χ3v) is 3.55. The van der Waals surface area contributed by atoms with Crippen LogP contribution in [0.4, 0.5) is 4.39 Å². The third-order valence-electron chi connectivity index (χ3n) is 2.50. The fourth-order valence-corrected chi connectivity index (χ4v) is 2.16. The molecule has 0 spiro atoms. The van der Waals surface area contributed by atoms with Gasteiger partial charge in [-0.1, -0.05) is 6.07 Å². The molecule has 1 aliphatic rings. The third kappa shape index (κ3) is 1.90. The van der Waals surface area contributed by atoms with Crippen LogP contribution in [0.15, 0.2) is 12.1 Å². The Hall–Kier alpha value is -0.630. The van der Waals surface area contributed by atoms with Crippen molar-refractivity contribution in [3.05, 3.63) is 32.6 Å². The summed E-state index contributed by atoms with van der Waals surface area (Å²) in [4.78, 5) is 0. The van der Waals surface area contributed by atoms with Gasteiger partial charge < -0.3 is 0 Å². The highest BCUT2D eigenvalue weighted by Gasteiger charge is 2.23. The van der Waals surface area contributed by atoms with E-state index in [1.807, 2.05) is 22.6 Å². The van der Waals surface area contributed by atoms with Crippen LogP contribution in [0.25, 0.3) is 0 Å². The Kier molecular flexibility index (Phi) is 2.73. The van der Waals surface area contributed by atoms with Crippen molar-refractivity contribution in [2.45, 2.75) is 19.3 Å². The summed E-state index contributed by atoms with van der Waals surface area (Å²) in [6.07, 6.45) is 3.43. The first kappa shape index (κ1) is 9.91. The summed E-state index contributed by atoms with van der Waals surface area (Å²) in [7, 11) is 0. The van der Waals surface area contributed by atoms with Crippen molar-refractivity contribution in [2.24, 2.45) is 5.92 Å². The van der Waals surface area contributed by atoms with Crippen molar-refractivity contribution in [1.82, 2.24) is 0 Å². The normalized spacial score (nSPS) is 15.2. The number of nitriles is 1. The van der Waals surface area contributed by atoms with Gasteiger partial charge in [0.1, 0.15) is 11.9 Å². The van der Waals surface area contributed by atoms with E-state index in [1.54, 1.807) is 6.07 Å². The van der Waals surface area contributed by atoms with Crippen molar-refractivity contribution in [1.29, 1.82) is 5.26 Å². The van der Waals surface area contributed by atoms with E-state index < -0.39 is 0 Å². The number of nitrogens with zero attached hydrogens (tertiary/aromatic N) is 1. The van der Waals surface area contributed by atoms with Gasteiger partial charge in [0.25, 0.3) is 0 Å². The van der Waals surface area contributed by atoms with Crippen LogP contribution < -0.4 is 0 Å². The number of rotatable bonds is 2. The second-order valence-electron chi connectivity index (χ2n) is 3.65. The van der Waals surface area contributed by atoms with E-state index in [1.165, 1.54) is 18.9 Å². The Labute approximate surface area is 96.1 Å². The first-order valence-electron chi connectivity index (χ1n) is 4.59. The smallest absolute Gasteiger partial charge is 0.137 e. The standard InChI is InChI=1S/C11H9FIN/c12-10-4-3-8(5-7-1-2-7)9(6-14)11(10)13/h3-4,7H,1-2,5H2. The zero-order valence-electron chi connectivity index (χ0n) is 7.56. The van der Waals surface area contributed by atoms with E-state index in [9.17, 15) is 4.39 Å². The van der Waals surface area contributed by atoms with Crippen molar-refractivity contribution >= 4 is 22.6 Å². The minimum absolute atomic E-state index is 0.290. The molecule has 72 valence electrons. The molecular formula is C11H9FIN. The SMILES string of the molecule is N#Cc1c(CC2CC2)ccc(F)c1I. The highest BCUT2D eigenvalue weighted by Crippen LogP contribution is 2.34. The molecule has 1 fully saturated rings. The Bertz CT molecular complexity index is 404. The molecule has 3 heteroatoms. The molecule has 1 saturated carbocycles. The second kappa shape index (κ2) is 3.85. The second-order valence-corrected chi connectivity index (χ2v) is 4.73. The fourth-order valence-electron chi connectivity index (χ4n) is 1.51. The molecule has 0 radical (unpaired) electrons. The number of hydrogen-bond acceptors (Lipinski definition) is 1. The first-order valence-corrected chi connectivity index (χ1v) is 5.67. The lowest BCUT2D eigenvalue weighted by atomic mass is 10.0. The van der Waals surface area contributed by atoms with E-state index in [0.717, 1.165) is 17.9 Å². The first-order chi connectivity index (χ1) is 6.72. The lowest BCUT2D eigenvalue weighted by molar-refractivity contribution is 0.618. The number of hydrogen-bond donors (Lipinski definition) is 0. The molecule has 1 aromatic carbocycles. The van der Waals surface area contributed by atoms with Crippen LogP contribution in [0.3, 0.4) is 0 Å². The van der Waals surface area contributed by atoms with Gasteiger partial charge in [-0.25, -0.2) is 4.39 Å². The molecule has 0 aromatic heterocycles. The molecular weight excluding hydrogens is 292 g/mol. The summed E-state index contributed by atoms with van der Waals surface area (Å²) in [6.45, 7) is 0. The lowest BCUT2D eigenvalue weighted by Gasteiger charge is -2.05. The van der Waals surface area contributed by atoms with Crippen molar-refractivity contribution < 1.29 is 4.39 Å². The summed E-state index contributed by atoms with van der Waals surface area (Å²) in [5.41, 5.74) is 1.53. The topological polar surface area (TPSA) is 23.8 Å². The quantitative estimate of drug-likeness (QED) is 0.769. The van der Waals surface area contributed by atoms with Gasteiger partial charge in [-0.05, 0) is 59.4 Å². The van der Waals surface area contributed by atoms with Gasteiger partial charge >= 0.3 is 0 Å². The van der Waals surface area contributed by atoms with E-state index in [-0.39, 0.29) is 5.82 Å². The summed E-state index contributed by atoms with van der Waals surface area (Å²) in [5, 5.41) is 8.94. The van der Waals surface area contributed by atoms with Crippen LogP contribution >= 0.6 is 22.6 Å². The summed E-state index contributed by atoms with van der Waals surface area (Å²) in [5.74, 6) is 0.435. The van der Waals surface area contributed by atoms with E-state index >= 15 is 0 Å². The van der Waals surface area contributed by atoms with E-state index in [2.05, 4.69) is 6.07 Å². The summed E-state index contributed by atoms with van der Waals surface area (Å²) >= 11 is 1.90. The van der Waals surface area contributed by atoms with Gasteiger partial charge in [-0.15, -0.1) is 0 Å². The molecule has 0 atom stereocenters. The zero-order chi connectivity index (χ0) is 10.1. The van der Waals surface area contributed by atoms with Gasteiger partial charge in [0.15, 0.2) is 0 Å². The zero-order valence-corrected chi connectivity index (χ0v) is 9.71. The molecule has 0 heterocycles. The van der Waals surface area contributed by atoms with Crippen LogP contribution in [-0.4, -0.2) is 0 Å². The number of halogens is 2. The van der Waals surface area contributed by atoms with Crippen LogP contribution in [0.1, 0.15) is 24.0 Å². The minimum Gasteiger partial charge on any atom is -0.206 e. The summed E-state index contributed by atoms with van der Waals surface area (Å²) < 4.78 is 13.6. The molecule has 0 aliphatic heterocycles. The maximum Gasteiger partial charge on any atom is 0.137 e. The van der Waals surface area contributed by atoms with E-state index in [0.29, 0.717) is 9.13 Å². The predicted octanol–water partition coefficient (Wildman–Crippen LogP) is 3.25. The molecule has 0 amide bonds. The lowest BCUT2D eigenvalue weighted by Crippen LogP contribution is -1.97. The van der Waals surface area contributed by atoms with Gasteiger partial charge in [-0.2, -0.15) is 5.26 Å². The maximum atomic E-state index is 13.1. The van der Waals surface area contributed by atoms with Gasteiger partial charge in [0, 0.05) is 0 Å². The molecule has 0 saturated heterocycles. The van der Waals surface area contributed by atoms with Crippen molar-refractivity contribution in [3.8, 4) is 6.07 Å². The Morgan fingerprint density at radius 2 is 2.21 bits per heavy atom. The van der Waals surface area contributed by atoms with Gasteiger partial charge in [0.05, 0.1) is 9.13 Å².